The topological polar surface area (TPSA) is 18.5 Å². The first-order chi connectivity index (χ1) is 9.70. The molecule has 1 N–H and O–H groups in total. The summed E-state index contributed by atoms with van der Waals surface area (Å²) in [5, 5.41) is 3.48. The van der Waals surface area contributed by atoms with Crippen molar-refractivity contribution in [3.63, 3.8) is 0 Å². The van der Waals surface area contributed by atoms with Crippen molar-refractivity contribution in [1.29, 1.82) is 0 Å². The molecular formula is C17H27N3. The van der Waals surface area contributed by atoms with Gasteiger partial charge in [-0.3, -0.25) is 0 Å². The van der Waals surface area contributed by atoms with Crippen molar-refractivity contribution < 1.29 is 0 Å². The van der Waals surface area contributed by atoms with Crippen LogP contribution < -0.4 is 5.32 Å². The summed E-state index contributed by atoms with van der Waals surface area (Å²) in [5.41, 5.74) is 4.27. The monoisotopic (exact) mass is 273 g/mol. The van der Waals surface area contributed by atoms with Gasteiger partial charge in [-0.25, -0.2) is 0 Å². The molecule has 2 heterocycles. The van der Waals surface area contributed by atoms with Crippen LogP contribution in [-0.2, 0) is 13.0 Å². The van der Waals surface area contributed by atoms with Gasteiger partial charge in [-0.1, -0.05) is 12.1 Å². The number of nitrogens with one attached hydrogen (secondary N) is 1. The van der Waals surface area contributed by atoms with Crippen LogP contribution in [-0.4, -0.2) is 50.1 Å². The average molecular weight is 273 g/mol. The predicted molar refractivity (Wildman–Crippen MR) is 85.2 cm³/mol. The van der Waals surface area contributed by atoms with E-state index in [4.69, 9.17) is 0 Å². The molecule has 0 bridgehead atoms. The maximum Gasteiger partial charge on any atom is 0.0376 e. The number of benzene rings is 1. The van der Waals surface area contributed by atoms with Crippen LogP contribution in [0.15, 0.2) is 18.2 Å². The highest BCUT2D eigenvalue weighted by Crippen LogP contribution is 2.24. The molecule has 0 radical (unpaired) electrons. The lowest BCUT2D eigenvalue weighted by atomic mass is 9.96. The molecule has 110 valence electrons. The van der Waals surface area contributed by atoms with Gasteiger partial charge in [0.25, 0.3) is 0 Å². The van der Waals surface area contributed by atoms with E-state index in [9.17, 15) is 0 Å². The van der Waals surface area contributed by atoms with Crippen LogP contribution in [0.2, 0.25) is 0 Å². The van der Waals surface area contributed by atoms with Crippen LogP contribution in [0, 0.1) is 5.92 Å². The Morgan fingerprint density at radius 2 is 2.10 bits per heavy atom. The summed E-state index contributed by atoms with van der Waals surface area (Å²) in [6.45, 7) is 5.94. The van der Waals surface area contributed by atoms with Crippen LogP contribution >= 0.6 is 0 Å². The summed E-state index contributed by atoms with van der Waals surface area (Å²) in [6.07, 6.45) is 3.89. The maximum atomic E-state index is 3.48. The Labute approximate surface area is 123 Å². The van der Waals surface area contributed by atoms with Crippen molar-refractivity contribution in [2.75, 3.05) is 45.6 Å². The van der Waals surface area contributed by atoms with Gasteiger partial charge in [0.1, 0.15) is 0 Å². The minimum absolute atomic E-state index is 0.878. The maximum absolute atomic E-state index is 3.48. The molecule has 0 aromatic heterocycles. The summed E-state index contributed by atoms with van der Waals surface area (Å²) in [5.74, 6) is 0.878. The molecule has 1 fully saturated rings. The fourth-order valence-electron chi connectivity index (χ4n) is 3.50. The average Bonchev–Trinajstić information content (AvgIpc) is 2.89. The third-order valence-electron chi connectivity index (χ3n) is 4.74. The number of fused-ring (bicyclic) bond motifs is 1. The van der Waals surface area contributed by atoms with E-state index in [0.29, 0.717) is 0 Å². The van der Waals surface area contributed by atoms with Crippen molar-refractivity contribution in [3.05, 3.63) is 29.3 Å². The molecule has 20 heavy (non-hydrogen) atoms. The Morgan fingerprint density at radius 1 is 1.30 bits per heavy atom. The zero-order chi connectivity index (χ0) is 13.9. The lowest BCUT2D eigenvalue weighted by Gasteiger charge is -2.31. The van der Waals surface area contributed by atoms with Crippen molar-refractivity contribution in [2.45, 2.75) is 25.8 Å². The largest absolute Gasteiger partial charge is 0.384 e. The van der Waals surface area contributed by atoms with Gasteiger partial charge in [-0.05, 0) is 69.6 Å². The van der Waals surface area contributed by atoms with Gasteiger partial charge >= 0.3 is 0 Å². The molecule has 1 aromatic carbocycles. The van der Waals surface area contributed by atoms with Gasteiger partial charge in [0, 0.05) is 25.3 Å². The van der Waals surface area contributed by atoms with Crippen LogP contribution in [0.3, 0.4) is 0 Å². The minimum Gasteiger partial charge on any atom is -0.384 e. The Kier molecular flexibility index (Phi) is 4.27. The zero-order valence-electron chi connectivity index (χ0n) is 12.9. The fraction of sp³-hybridized carbons (Fsp3) is 0.647. The normalized spacial score (nSPS) is 20.1. The van der Waals surface area contributed by atoms with Gasteiger partial charge in [0.2, 0.25) is 0 Å². The molecule has 3 nitrogen and oxygen atoms in total. The highest BCUT2D eigenvalue weighted by molar-refractivity contribution is 5.56. The van der Waals surface area contributed by atoms with Crippen LogP contribution in [0.4, 0.5) is 5.69 Å². The second-order valence-corrected chi connectivity index (χ2v) is 6.61. The van der Waals surface area contributed by atoms with E-state index < -0.39 is 0 Å². The number of rotatable bonds is 4. The molecule has 0 saturated carbocycles. The fourth-order valence-corrected chi connectivity index (χ4v) is 3.50. The third kappa shape index (κ3) is 3.33. The quantitative estimate of drug-likeness (QED) is 0.909. The minimum atomic E-state index is 0.878. The van der Waals surface area contributed by atoms with Crippen molar-refractivity contribution in [2.24, 2.45) is 5.92 Å². The Hall–Kier alpha value is -1.06. The van der Waals surface area contributed by atoms with Crippen molar-refractivity contribution >= 4 is 5.69 Å². The lowest BCUT2D eigenvalue weighted by molar-refractivity contribution is 0.173. The van der Waals surface area contributed by atoms with Gasteiger partial charge in [-0.2, -0.15) is 0 Å². The van der Waals surface area contributed by atoms with E-state index in [1.165, 1.54) is 55.7 Å². The van der Waals surface area contributed by atoms with Crippen LogP contribution in [0.1, 0.15) is 24.0 Å². The number of likely N-dealkylation sites (tertiary alicyclic amines) is 1. The number of nitrogens with zero attached hydrogens (tertiary/aromatic N) is 2. The molecular weight excluding hydrogens is 246 g/mol. The molecule has 1 aromatic rings. The molecule has 3 heteroatoms. The summed E-state index contributed by atoms with van der Waals surface area (Å²) in [6, 6.07) is 6.94. The van der Waals surface area contributed by atoms with Gasteiger partial charge < -0.3 is 15.1 Å². The standard InChI is InChI=1S/C17H27N3/c1-19-9-6-14(7-10-19)12-20(2)13-15-3-4-16-5-8-18-17(16)11-15/h3-4,11,14,18H,5-10,12-13H2,1-2H3. The van der Waals surface area contributed by atoms with Crippen molar-refractivity contribution in [1.82, 2.24) is 9.80 Å². The van der Waals surface area contributed by atoms with E-state index >= 15 is 0 Å². The number of anilines is 1. The molecule has 0 unspecified atom stereocenters. The number of hydrogen-bond donors (Lipinski definition) is 1. The SMILES string of the molecule is CN1CCC(CN(C)Cc2ccc3c(c2)NCC3)CC1. The van der Waals surface area contributed by atoms with Crippen LogP contribution in [0.25, 0.3) is 0 Å². The lowest BCUT2D eigenvalue weighted by Crippen LogP contribution is -2.35. The Balaban J connectivity index is 1.52. The number of piperidine rings is 1. The first kappa shape index (κ1) is 13.9. The molecule has 3 rings (SSSR count). The summed E-state index contributed by atoms with van der Waals surface area (Å²) >= 11 is 0. The van der Waals surface area contributed by atoms with Gasteiger partial charge in [0.15, 0.2) is 0 Å². The summed E-state index contributed by atoms with van der Waals surface area (Å²) in [7, 11) is 4.50. The van der Waals surface area contributed by atoms with E-state index in [2.05, 4.69) is 47.4 Å². The third-order valence-corrected chi connectivity index (χ3v) is 4.74. The van der Waals surface area contributed by atoms with E-state index in [0.717, 1.165) is 19.0 Å². The second kappa shape index (κ2) is 6.15. The molecule has 0 spiro atoms. The summed E-state index contributed by atoms with van der Waals surface area (Å²) < 4.78 is 0. The molecule has 1 saturated heterocycles. The van der Waals surface area contributed by atoms with Gasteiger partial charge in [0.05, 0.1) is 0 Å². The van der Waals surface area contributed by atoms with E-state index in [-0.39, 0.29) is 0 Å². The molecule has 0 aliphatic carbocycles. The summed E-state index contributed by atoms with van der Waals surface area (Å²) in [4.78, 5) is 4.94. The second-order valence-electron chi connectivity index (χ2n) is 6.61. The Morgan fingerprint density at radius 3 is 2.90 bits per heavy atom. The van der Waals surface area contributed by atoms with Gasteiger partial charge in [-0.15, -0.1) is 0 Å². The zero-order valence-corrected chi connectivity index (χ0v) is 12.9. The predicted octanol–water partition coefficient (Wildman–Crippen LogP) is 2.43. The number of hydrogen-bond acceptors (Lipinski definition) is 3. The van der Waals surface area contributed by atoms with Crippen LogP contribution in [0.5, 0.6) is 0 Å². The first-order valence-corrected chi connectivity index (χ1v) is 7.93. The molecule has 0 amide bonds. The smallest absolute Gasteiger partial charge is 0.0376 e. The first-order valence-electron chi connectivity index (χ1n) is 7.93. The molecule has 0 atom stereocenters. The Bertz CT molecular complexity index is 450. The highest BCUT2D eigenvalue weighted by Gasteiger charge is 2.18. The van der Waals surface area contributed by atoms with E-state index in [1.807, 2.05) is 0 Å². The molecule has 2 aliphatic heterocycles. The van der Waals surface area contributed by atoms with Crippen molar-refractivity contribution in [3.8, 4) is 0 Å². The van der Waals surface area contributed by atoms with E-state index in [1.54, 1.807) is 0 Å². The highest BCUT2D eigenvalue weighted by atomic mass is 15.1. The molecule has 2 aliphatic rings.